The molecule has 2 amide bonds. The monoisotopic (exact) mass is 337 g/mol. The molecule has 3 aromatic rings. The molecule has 1 N–H and O–H groups in total. The Bertz CT molecular complexity index is 836. The largest absolute Gasteiger partial charge is 0.348 e. The van der Waals surface area contributed by atoms with Crippen molar-refractivity contribution in [3.8, 4) is 0 Å². The van der Waals surface area contributed by atoms with E-state index in [1.165, 1.54) is 16.9 Å². The third-order valence-corrected chi connectivity index (χ3v) is 5.23. The molecule has 0 bridgehead atoms. The normalized spacial score (nSPS) is 16.7. The Balaban J connectivity index is 1.69. The molecule has 0 radical (unpaired) electrons. The van der Waals surface area contributed by atoms with Gasteiger partial charge in [0.15, 0.2) is 0 Å². The second kappa shape index (κ2) is 6.17. The molecule has 2 aromatic heterocycles. The molecular formula is C19H19N3OS. The molecule has 0 saturated heterocycles. The highest BCUT2D eigenvalue weighted by molar-refractivity contribution is 7.14. The summed E-state index contributed by atoms with van der Waals surface area (Å²) in [6.45, 7) is 3.59. The molecule has 1 aliphatic heterocycles. The van der Waals surface area contributed by atoms with Gasteiger partial charge in [-0.3, -0.25) is 5.32 Å². The summed E-state index contributed by atoms with van der Waals surface area (Å²) < 4.78 is 2.24. The number of aromatic nitrogens is 1. The predicted octanol–water partition coefficient (Wildman–Crippen LogP) is 4.50. The highest BCUT2D eigenvalue weighted by atomic mass is 32.1. The maximum atomic E-state index is 12.9. The van der Waals surface area contributed by atoms with Gasteiger partial charge in [-0.1, -0.05) is 29.8 Å². The number of carbonyl (C=O) groups is 1. The third kappa shape index (κ3) is 2.71. The van der Waals surface area contributed by atoms with Crippen LogP contribution < -0.4 is 5.32 Å². The first kappa shape index (κ1) is 15.0. The van der Waals surface area contributed by atoms with E-state index in [0.717, 1.165) is 22.8 Å². The summed E-state index contributed by atoms with van der Waals surface area (Å²) in [5.74, 6) is 0. The molecule has 1 aliphatic rings. The van der Waals surface area contributed by atoms with Crippen molar-refractivity contribution in [3.63, 3.8) is 0 Å². The quantitative estimate of drug-likeness (QED) is 0.735. The fraction of sp³-hybridized carbons (Fsp3) is 0.211. The molecule has 4 rings (SSSR count). The smallest absolute Gasteiger partial charge is 0.323 e. The van der Waals surface area contributed by atoms with Crippen LogP contribution in [-0.4, -0.2) is 22.0 Å². The zero-order valence-electron chi connectivity index (χ0n) is 13.5. The number of hydrogen-bond acceptors (Lipinski definition) is 2. The van der Waals surface area contributed by atoms with Crippen molar-refractivity contribution in [2.24, 2.45) is 0 Å². The van der Waals surface area contributed by atoms with Gasteiger partial charge in [-0.05, 0) is 42.1 Å². The minimum atomic E-state index is -0.0608. The van der Waals surface area contributed by atoms with E-state index in [1.54, 1.807) is 0 Å². The Morgan fingerprint density at radius 1 is 1.12 bits per heavy atom. The van der Waals surface area contributed by atoms with Gasteiger partial charge in [0.05, 0.1) is 11.0 Å². The number of aryl methyl sites for hydroxylation is 1. The number of carbonyl (C=O) groups excluding carboxylic acids is 1. The zero-order valence-corrected chi connectivity index (χ0v) is 14.3. The number of anilines is 1. The lowest BCUT2D eigenvalue weighted by atomic mass is 9.99. The summed E-state index contributed by atoms with van der Waals surface area (Å²) in [6, 6.07) is 16.4. The molecule has 5 heteroatoms. The van der Waals surface area contributed by atoms with E-state index in [9.17, 15) is 4.79 Å². The molecule has 0 aliphatic carbocycles. The second-order valence-corrected chi connectivity index (χ2v) is 6.99. The van der Waals surface area contributed by atoms with Gasteiger partial charge in [0.1, 0.15) is 0 Å². The van der Waals surface area contributed by atoms with E-state index in [2.05, 4.69) is 59.4 Å². The predicted molar refractivity (Wildman–Crippen MR) is 97.5 cm³/mol. The summed E-state index contributed by atoms with van der Waals surface area (Å²) in [5.41, 5.74) is 3.52. The summed E-state index contributed by atoms with van der Waals surface area (Å²) >= 11 is 1.54. The van der Waals surface area contributed by atoms with Crippen LogP contribution in [0.15, 0.2) is 60.1 Å². The van der Waals surface area contributed by atoms with Crippen molar-refractivity contribution in [1.82, 2.24) is 9.47 Å². The summed E-state index contributed by atoms with van der Waals surface area (Å²) in [6.07, 6.45) is 2.09. The lowest BCUT2D eigenvalue weighted by Gasteiger charge is -2.37. The first-order chi connectivity index (χ1) is 11.7. The van der Waals surface area contributed by atoms with Crippen molar-refractivity contribution in [2.45, 2.75) is 19.5 Å². The van der Waals surface area contributed by atoms with Gasteiger partial charge in [0.25, 0.3) is 0 Å². The fourth-order valence-corrected chi connectivity index (χ4v) is 3.84. The first-order valence-corrected chi connectivity index (χ1v) is 8.93. The Labute approximate surface area is 145 Å². The average Bonchev–Trinajstić information content (AvgIpc) is 3.25. The first-order valence-electron chi connectivity index (χ1n) is 8.05. The Morgan fingerprint density at radius 3 is 2.71 bits per heavy atom. The standard InChI is InChI=1S/C19H19N3OS/c1-14-6-8-15(9-7-14)18-16-4-2-10-21(16)11-12-22(18)19(23)20-17-5-3-13-24-17/h2-10,13,18H,11-12H2,1H3,(H,20,23)/t18-/m1/s1. The number of rotatable bonds is 2. The van der Waals surface area contributed by atoms with E-state index < -0.39 is 0 Å². The number of amides is 2. The van der Waals surface area contributed by atoms with Crippen molar-refractivity contribution in [1.29, 1.82) is 0 Å². The zero-order chi connectivity index (χ0) is 16.5. The van der Waals surface area contributed by atoms with Crippen LogP contribution in [0.2, 0.25) is 0 Å². The number of fused-ring (bicyclic) bond motifs is 1. The molecule has 24 heavy (non-hydrogen) atoms. The molecule has 0 saturated carbocycles. The molecular weight excluding hydrogens is 318 g/mol. The Kier molecular flexibility index (Phi) is 3.86. The van der Waals surface area contributed by atoms with Crippen molar-refractivity contribution in [3.05, 3.63) is 76.9 Å². The maximum Gasteiger partial charge on any atom is 0.323 e. The van der Waals surface area contributed by atoms with Crippen LogP contribution in [0.5, 0.6) is 0 Å². The number of benzene rings is 1. The topological polar surface area (TPSA) is 37.3 Å². The van der Waals surface area contributed by atoms with Gasteiger partial charge in [-0.25, -0.2) is 4.79 Å². The molecule has 1 atom stereocenters. The van der Waals surface area contributed by atoms with E-state index in [1.807, 2.05) is 22.4 Å². The van der Waals surface area contributed by atoms with Gasteiger partial charge < -0.3 is 9.47 Å². The summed E-state index contributed by atoms with van der Waals surface area (Å²) in [7, 11) is 0. The molecule has 4 nitrogen and oxygen atoms in total. The number of urea groups is 1. The number of thiophene rings is 1. The van der Waals surface area contributed by atoms with E-state index in [-0.39, 0.29) is 12.1 Å². The molecule has 0 unspecified atom stereocenters. The van der Waals surface area contributed by atoms with Crippen molar-refractivity contribution >= 4 is 22.4 Å². The highest BCUT2D eigenvalue weighted by Gasteiger charge is 2.32. The van der Waals surface area contributed by atoms with Crippen LogP contribution >= 0.6 is 11.3 Å². The van der Waals surface area contributed by atoms with Crippen molar-refractivity contribution in [2.75, 3.05) is 11.9 Å². The summed E-state index contributed by atoms with van der Waals surface area (Å²) in [5, 5.41) is 5.87. The van der Waals surface area contributed by atoms with Crippen LogP contribution in [0.1, 0.15) is 22.9 Å². The maximum absolute atomic E-state index is 12.9. The third-order valence-electron chi connectivity index (χ3n) is 4.44. The minimum absolute atomic E-state index is 0.0459. The lowest BCUT2D eigenvalue weighted by Crippen LogP contribution is -2.44. The molecule has 3 heterocycles. The fourth-order valence-electron chi connectivity index (χ4n) is 3.23. The van der Waals surface area contributed by atoms with Crippen LogP contribution in [-0.2, 0) is 6.54 Å². The summed E-state index contributed by atoms with van der Waals surface area (Å²) in [4.78, 5) is 14.8. The second-order valence-electron chi connectivity index (χ2n) is 6.04. The van der Waals surface area contributed by atoms with Gasteiger partial charge in [-0.15, -0.1) is 11.3 Å². The van der Waals surface area contributed by atoms with Crippen LogP contribution in [0.4, 0.5) is 9.80 Å². The van der Waals surface area contributed by atoms with Gasteiger partial charge >= 0.3 is 6.03 Å². The van der Waals surface area contributed by atoms with Crippen molar-refractivity contribution < 1.29 is 4.79 Å². The minimum Gasteiger partial charge on any atom is -0.348 e. The molecule has 1 aromatic carbocycles. The van der Waals surface area contributed by atoms with Crippen LogP contribution in [0, 0.1) is 6.92 Å². The molecule has 122 valence electrons. The Morgan fingerprint density at radius 2 is 1.96 bits per heavy atom. The lowest BCUT2D eigenvalue weighted by molar-refractivity contribution is 0.182. The van der Waals surface area contributed by atoms with Gasteiger partial charge in [0, 0.05) is 25.0 Å². The Hall–Kier alpha value is -2.53. The number of hydrogen-bond donors (Lipinski definition) is 1. The molecule has 0 spiro atoms. The van der Waals surface area contributed by atoms with Crippen LogP contribution in [0.3, 0.4) is 0 Å². The average molecular weight is 337 g/mol. The van der Waals surface area contributed by atoms with Gasteiger partial charge in [-0.2, -0.15) is 0 Å². The molecule has 0 fully saturated rings. The highest BCUT2D eigenvalue weighted by Crippen LogP contribution is 2.33. The van der Waals surface area contributed by atoms with Gasteiger partial charge in [0.2, 0.25) is 0 Å². The number of nitrogens with one attached hydrogen (secondary N) is 1. The number of nitrogens with zero attached hydrogens (tertiary/aromatic N) is 2. The van der Waals surface area contributed by atoms with E-state index in [4.69, 9.17) is 0 Å². The van der Waals surface area contributed by atoms with Crippen LogP contribution in [0.25, 0.3) is 0 Å². The van der Waals surface area contributed by atoms with E-state index in [0.29, 0.717) is 6.54 Å². The van der Waals surface area contributed by atoms with E-state index >= 15 is 0 Å². The SMILES string of the molecule is Cc1ccc([C@@H]2c3cccn3CCN2C(=O)Nc2cccs2)cc1.